The third-order valence-corrected chi connectivity index (χ3v) is 3.38. The standard InChI is InChI=1S/C13H19N3O/c14-10-13(7-4-8-13)16-12(17)15-9-11-5-2-1-3-6-11/h1-3,5-6H,4,7-10,14H2,(H2,15,16,17). The highest BCUT2D eigenvalue weighted by Gasteiger charge is 2.36. The lowest BCUT2D eigenvalue weighted by molar-refractivity contribution is 0.182. The van der Waals surface area contributed by atoms with Crippen LogP contribution in [0.2, 0.25) is 0 Å². The van der Waals surface area contributed by atoms with Gasteiger partial charge in [-0.2, -0.15) is 0 Å². The summed E-state index contributed by atoms with van der Waals surface area (Å²) in [5.74, 6) is 0. The van der Waals surface area contributed by atoms with Crippen molar-refractivity contribution < 1.29 is 4.79 Å². The SMILES string of the molecule is NCC1(NC(=O)NCc2ccccc2)CCC1. The first-order valence-corrected chi connectivity index (χ1v) is 6.04. The van der Waals surface area contributed by atoms with Crippen molar-refractivity contribution in [2.75, 3.05) is 6.54 Å². The number of hydrogen-bond donors (Lipinski definition) is 3. The van der Waals surface area contributed by atoms with Gasteiger partial charge in [-0.15, -0.1) is 0 Å². The van der Waals surface area contributed by atoms with E-state index in [0.717, 1.165) is 24.8 Å². The zero-order chi connectivity index (χ0) is 12.1. The third-order valence-electron chi connectivity index (χ3n) is 3.38. The average molecular weight is 233 g/mol. The highest BCUT2D eigenvalue weighted by Crippen LogP contribution is 2.30. The van der Waals surface area contributed by atoms with Crippen molar-refractivity contribution in [3.63, 3.8) is 0 Å². The topological polar surface area (TPSA) is 67.1 Å². The molecule has 1 aromatic rings. The van der Waals surface area contributed by atoms with E-state index in [1.807, 2.05) is 30.3 Å². The normalized spacial score (nSPS) is 17.0. The number of hydrogen-bond acceptors (Lipinski definition) is 2. The van der Waals surface area contributed by atoms with Gasteiger partial charge in [0.15, 0.2) is 0 Å². The van der Waals surface area contributed by atoms with Crippen LogP contribution in [0.3, 0.4) is 0 Å². The van der Waals surface area contributed by atoms with Crippen molar-refractivity contribution in [2.45, 2.75) is 31.3 Å². The van der Waals surface area contributed by atoms with E-state index >= 15 is 0 Å². The molecule has 0 aliphatic heterocycles. The van der Waals surface area contributed by atoms with Gasteiger partial charge < -0.3 is 16.4 Å². The number of urea groups is 1. The quantitative estimate of drug-likeness (QED) is 0.735. The molecular weight excluding hydrogens is 214 g/mol. The Morgan fingerprint density at radius 2 is 2.00 bits per heavy atom. The summed E-state index contributed by atoms with van der Waals surface area (Å²) >= 11 is 0. The molecule has 0 heterocycles. The van der Waals surface area contributed by atoms with E-state index < -0.39 is 0 Å². The van der Waals surface area contributed by atoms with Gasteiger partial charge in [0.25, 0.3) is 0 Å². The Bertz CT molecular complexity index is 368. The average Bonchev–Trinajstić information content (AvgIpc) is 2.33. The Morgan fingerprint density at radius 3 is 2.53 bits per heavy atom. The first-order chi connectivity index (χ1) is 8.24. The maximum Gasteiger partial charge on any atom is 0.315 e. The lowest BCUT2D eigenvalue weighted by Crippen LogP contribution is -2.60. The molecule has 0 atom stereocenters. The van der Waals surface area contributed by atoms with Gasteiger partial charge in [0.2, 0.25) is 0 Å². The monoisotopic (exact) mass is 233 g/mol. The van der Waals surface area contributed by atoms with Gasteiger partial charge in [0.1, 0.15) is 0 Å². The molecule has 17 heavy (non-hydrogen) atoms. The van der Waals surface area contributed by atoms with Crippen LogP contribution in [-0.4, -0.2) is 18.1 Å². The van der Waals surface area contributed by atoms with Gasteiger partial charge in [-0.25, -0.2) is 4.79 Å². The fourth-order valence-electron chi connectivity index (χ4n) is 2.05. The van der Waals surface area contributed by atoms with E-state index in [1.165, 1.54) is 0 Å². The van der Waals surface area contributed by atoms with Gasteiger partial charge >= 0.3 is 6.03 Å². The summed E-state index contributed by atoms with van der Waals surface area (Å²) in [5, 5.41) is 5.83. The van der Waals surface area contributed by atoms with Crippen molar-refractivity contribution >= 4 is 6.03 Å². The lowest BCUT2D eigenvalue weighted by atomic mass is 9.77. The summed E-state index contributed by atoms with van der Waals surface area (Å²) in [4.78, 5) is 11.7. The van der Waals surface area contributed by atoms with Gasteiger partial charge in [0.05, 0.1) is 5.54 Å². The lowest BCUT2D eigenvalue weighted by Gasteiger charge is -2.41. The molecule has 1 aliphatic carbocycles. The zero-order valence-electron chi connectivity index (χ0n) is 9.91. The minimum Gasteiger partial charge on any atom is -0.334 e. The fraction of sp³-hybridized carbons (Fsp3) is 0.462. The predicted molar refractivity (Wildman–Crippen MR) is 67.4 cm³/mol. The van der Waals surface area contributed by atoms with E-state index in [-0.39, 0.29) is 11.6 Å². The molecule has 1 saturated carbocycles. The Kier molecular flexibility index (Phi) is 3.64. The molecule has 1 fully saturated rings. The van der Waals surface area contributed by atoms with E-state index in [1.54, 1.807) is 0 Å². The molecule has 0 aromatic heterocycles. The summed E-state index contributed by atoms with van der Waals surface area (Å²) in [6.45, 7) is 1.07. The molecule has 0 unspecified atom stereocenters. The summed E-state index contributed by atoms with van der Waals surface area (Å²) in [5.41, 5.74) is 6.63. The largest absolute Gasteiger partial charge is 0.334 e. The number of carbonyl (C=O) groups is 1. The molecule has 0 saturated heterocycles. The molecule has 2 amide bonds. The van der Waals surface area contributed by atoms with Crippen LogP contribution in [0.1, 0.15) is 24.8 Å². The summed E-state index contributed by atoms with van der Waals surface area (Å²) in [6, 6.07) is 9.73. The Morgan fingerprint density at radius 1 is 1.29 bits per heavy atom. The zero-order valence-corrected chi connectivity index (χ0v) is 9.91. The minimum atomic E-state index is -0.152. The minimum absolute atomic E-state index is 0.126. The van der Waals surface area contributed by atoms with Gasteiger partial charge in [0, 0.05) is 13.1 Å². The van der Waals surface area contributed by atoms with Crippen molar-refractivity contribution in [1.29, 1.82) is 0 Å². The van der Waals surface area contributed by atoms with Gasteiger partial charge in [-0.05, 0) is 24.8 Å². The Balaban J connectivity index is 1.78. The van der Waals surface area contributed by atoms with Crippen molar-refractivity contribution in [3.05, 3.63) is 35.9 Å². The van der Waals surface area contributed by atoms with Crippen LogP contribution in [0.5, 0.6) is 0 Å². The highest BCUT2D eigenvalue weighted by molar-refractivity contribution is 5.75. The van der Waals surface area contributed by atoms with Crippen LogP contribution in [-0.2, 0) is 6.54 Å². The van der Waals surface area contributed by atoms with Crippen LogP contribution >= 0.6 is 0 Å². The number of benzene rings is 1. The van der Waals surface area contributed by atoms with Gasteiger partial charge in [-0.1, -0.05) is 30.3 Å². The van der Waals surface area contributed by atoms with Crippen LogP contribution in [0, 0.1) is 0 Å². The first-order valence-electron chi connectivity index (χ1n) is 6.04. The molecule has 4 heteroatoms. The molecule has 0 spiro atoms. The van der Waals surface area contributed by atoms with E-state index in [0.29, 0.717) is 13.1 Å². The van der Waals surface area contributed by atoms with Crippen LogP contribution in [0.15, 0.2) is 30.3 Å². The second-order valence-electron chi connectivity index (χ2n) is 4.63. The van der Waals surface area contributed by atoms with Crippen molar-refractivity contribution in [2.24, 2.45) is 5.73 Å². The van der Waals surface area contributed by atoms with E-state index in [9.17, 15) is 4.79 Å². The first kappa shape index (κ1) is 11.9. The molecular formula is C13H19N3O. The van der Waals surface area contributed by atoms with Gasteiger partial charge in [-0.3, -0.25) is 0 Å². The van der Waals surface area contributed by atoms with Crippen molar-refractivity contribution in [1.82, 2.24) is 10.6 Å². The fourth-order valence-corrected chi connectivity index (χ4v) is 2.05. The van der Waals surface area contributed by atoms with Crippen LogP contribution in [0.25, 0.3) is 0 Å². The third kappa shape index (κ3) is 2.97. The molecule has 0 radical (unpaired) electrons. The molecule has 4 N–H and O–H groups in total. The second-order valence-corrected chi connectivity index (χ2v) is 4.63. The number of carbonyl (C=O) groups excluding carboxylic acids is 1. The summed E-state index contributed by atoms with van der Waals surface area (Å²) in [7, 11) is 0. The number of nitrogens with two attached hydrogens (primary N) is 1. The van der Waals surface area contributed by atoms with E-state index in [4.69, 9.17) is 5.73 Å². The molecule has 0 bridgehead atoms. The Hall–Kier alpha value is -1.55. The number of amides is 2. The smallest absolute Gasteiger partial charge is 0.315 e. The highest BCUT2D eigenvalue weighted by atomic mass is 16.2. The number of rotatable bonds is 4. The summed E-state index contributed by atoms with van der Waals surface area (Å²) in [6.07, 6.45) is 3.13. The number of nitrogens with one attached hydrogen (secondary N) is 2. The molecule has 4 nitrogen and oxygen atoms in total. The molecule has 92 valence electrons. The van der Waals surface area contributed by atoms with Crippen LogP contribution in [0.4, 0.5) is 4.79 Å². The van der Waals surface area contributed by atoms with Crippen molar-refractivity contribution in [3.8, 4) is 0 Å². The Labute approximate surface area is 102 Å². The van der Waals surface area contributed by atoms with Crippen LogP contribution < -0.4 is 16.4 Å². The maximum atomic E-state index is 11.7. The second kappa shape index (κ2) is 5.19. The van der Waals surface area contributed by atoms with E-state index in [2.05, 4.69) is 10.6 Å². The molecule has 2 rings (SSSR count). The maximum absolute atomic E-state index is 11.7. The predicted octanol–water partition coefficient (Wildman–Crippen LogP) is 1.37. The molecule has 1 aliphatic rings. The summed E-state index contributed by atoms with van der Waals surface area (Å²) < 4.78 is 0. The molecule has 1 aromatic carbocycles.